The molecular weight excluding hydrogens is 293 g/mol. The van der Waals surface area contributed by atoms with Gasteiger partial charge in [0.25, 0.3) is 0 Å². The van der Waals surface area contributed by atoms with E-state index in [9.17, 15) is 13.2 Å². The number of benzene rings is 2. The molecule has 2 aromatic carbocycles. The first-order valence-electron chi connectivity index (χ1n) is 5.46. The molecule has 2 N–H and O–H groups in total. The van der Waals surface area contributed by atoms with Crippen LogP contribution in [-0.4, -0.2) is 4.98 Å². The average Bonchev–Trinajstić information content (AvgIpc) is 2.77. The molecule has 3 aromatic rings. The van der Waals surface area contributed by atoms with Crippen LogP contribution in [0.25, 0.3) is 22.6 Å². The van der Waals surface area contributed by atoms with E-state index in [1.54, 1.807) is 0 Å². The van der Waals surface area contributed by atoms with Gasteiger partial charge in [-0.3, -0.25) is 0 Å². The van der Waals surface area contributed by atoms with Gasteiger partial charge in [0.1, 0.15) is 23.0 Å². The summed E-state index contributed by atoms with van der Waals surface area (Å²) in [5.74, 6) is -2.52. The van der Waals surface area contributed by atoms with Crippen molar-refractivity contribution in [3.05, 3.63) is 46.7 Å². The number of hydrogen-bond donors (Lipinski definition) is 1. The molecule has 0 unspecified atom stereocenters. The Hall–Kier alpha value is -2.21. The molecule has 20 heavy (non-hydrogen) atoms. The summed E-state index contributed by atoms with van der Waals surface area (Å²) in [6.45, 7) is 0. The third-order valence-corrected chi connectivity index (χ3v) is 3.01. The van der Waals surface area contributed by atoms with Gasteiger partial charge in [0, 0.05) is 12.1 Å². The lowest BCUT2D eigenvalue weighted by atomic mass is 10.2. The van der Waals surface area contributed by atoms with Gasteiger partial charge in [-0.15, -0.1) is 0 Å². The van der Waals surface area contributed by atoms with Crippen molar-refractivity contribution in [1.29, 1.82) is 0 Å². The number of rotatable bonds is 1. The van der Waals surface area contributed by atoms with Gasteiger partial charge in [-0.25, -0.2) is 18.2 Å². The highest BCUT2D eigenvalue weighted by Crippen LogP contribution is 2.32. The number of aromatic nitrogens is 1. The molecule has 0 saturated carbocycles. The summed E-state index contributed by atoms with van der Waals surface area (Å²) in [4.78, 5) is 3.93. The molecule has 0 bridgehead atoms. The van der Waals surface area contributed by atoms with Crippen molar-refractivity contribution < 1.29 is 17.6 Å². The smallest absolute Gasteiger partial charge is 0.230 e. The molecule has 1 heterocycles. The van der Waals surface area contributed by atoms with E-state index >= 15 is 0 Å². The molecule has 7 heteroatoms. The largest absolute Gasteiger partial charge is 0.434 e. The Bertz CT molecular complexity index is 832. The summed E-state index contributed by atoms with van der Waals surface area (Å²) in [7, 11) is 0. The van der Waals surface area contributed by atoms with Crippen molar-refractivity contribution in [3.63, 3.8) is 0 Å². The number of halogens is 4. The van der Waals surface area contributed by atoms with Crippen LogP contribution in [0.3, 0.4) is 0 Å². The Kier molecular flexibility index (Phi) is 2.83. The van der Waals surface area contributed by atoms with Gasteiger partial charge in [-0.2, -0.15) is 0 Å². The Morgan fingerprint density at radius 2 is 1.80 bits per heavy atom. The zero-order chi connectivity index (χ0) is 14.4. The van der Waals surface area contributed by atoms with Crippen molar-refractivity contribution in [2.24, 2.45) is 0 Å². The number of hydrogen-bond acceptors (Lipinski definition) is 3. The van der Waals surface area contributed by atoms with E-state index in [1.807, 2.05) is 0 Å². The van der Waals surface area contributed by atoms with E-state index in [2.05, 4.69) is 4.98 Å². The highest BCUT2D eigenvalue weighted by molar-refractivity contribution is 6.34. The average molecular weight is 299 g/mol. The van der Waals surface area contributed by atoms with Crippen molar-refractivity contribution >= 4 is 28.4 Å². The summed E-state index contributed by atoms with van der Waals surface area (Å²) in [5.41, 5.74) is 5.25. The summed E-state index contributed by atoms with van der Waals surface area (Å²) < 4.78 is 45.3. The van der Waals surface area contributed by atoms with Crippen LogP contribution in [0, 0.1) is 17.5 Å². The summed E-state index contributed by atoms with van der Waals surface area (Å²) in [6, 6.07) is 3.83. The van der Waals surface area contributed by atoms with Crippen LogP contribution in [0.4, 0.5) is 18.9 Å². The Morgan fingerprint density at radius 3 is 2.55 bits per heavy atom. The quantitative estimate of drug-likeness (QED) is 0.687. The lowest BCUT2D eigenvalue weighted by Gasteiger charge is -2.01. The van der Waals surface area contributed by atoms with Crippen molar-refractivity contribution in [2.45, 2.75) is 0 Å². The van der Waals surface area contributed by atoms with Gasteiger partial charge < -0.3 is 10.2 Å². The Morgan fingerprint density at radius 1 is 1.05 bits per heavy atom. The minimum atomic E-state index is -0.889. The molecular formula is C13H6ClF3N2O. The molecule has 0 aliphatic rings. The van der Waals surface area contributed by atoms with E-state index in [4.69, 9.17) is 21.8 Å². The molecule has 3 rings (SSSR count). The number of nitrogens with two attached hydrogens (primary N) is 1. The standard InChI is InChI=1S/C13H6ClF3N2O/c14-7-1-5(15)2-11-12(7)20-13(19-11)6-3-10(18)9(17)4-8(6)16/h1-4H,18H2. The maximum Gasteiger partial charge on any atom is 0.230 e. The van der Waals surface area contributed by atoms with Crippen LogP contribution in [-0.2, 0) is 0 Å². The second kappa shape index (κ2) is 4.42. The lowest BCUT2D eigenvalue weighted by molar-refractivity contribution is 0.573. The maximum absolute atomic E-state index is 13.7. The third kappa shape index (κ3) is 1.98. The topological polar surface area (TPSA) is 52.0 Å². The molecule has 102 valence electrons. The van der Waals surface area contributed by atoms with Gasteiger partial charge in [0.2, 0.25) is 5.89 Å². The molecule has 0 atom stereocenters. The van der Waals surface area contributed by atoms with Crippen molar-refractivity contribution in [2.75, 3.05) is 5.73 Å². The molecule has 0 aliphatic carbocycles. The SMILES string of the molecule is Nc1cc(-c2nc3cc(F)cc(Cl)c3o2)c(F)cc1F. The molecule has 0 spiro atoms. The second-order valence-electron chi connectivity index (χ2n) is 4.11. The molecule has 0 radical (unpaired) electrons. The van der Waals surface area contributed by atoms with Gasteiger partial charge >= 0.3 is 0 Å². The molecule has 0 aliphatic heterocycles. The van der Waals surface area contributed by atoms with Crippen LogP contribution in [0.15, 0.2) is 28.7 Å². The monoisotopic (exact) mass is 298 g/mol. The molecule has 1 aromatic heterocycles. The molecule has 3 nitrogen and oxygen atoms in total. The first-order chi connectivity index (χ1) is 9.45. The van der Waals surface area contributed by atoms with Gasteiger partial charge in [-0.1, -0.05) is 11.6 Å². The number of nitrogens with zero attached hydrogens (tertiary/aromatic N) is 1. The first-order valence-corrected chi connectivity index (χ1v) is 5.84. The van der Waals surface area contributed by atoms with Crippen molar-refractivity contribution in [1.82, 2.24) is 4.98 Å². The fourth-order valence-electron chi connectivity index (χ4n) is 1.80. The van der Waals surface area contributed by atoms with Crippen LogP contribution in [0.5, 0.6) is 0 Å². The van der Waals surface area contributed by atoms with Crippen molar-refractivity contribution in [3.8, 4) is 11.5 Å². The minimum Gasteiger partial charge on any atom is -0.434 e. The fourth-order valence-corrected chi connectivity index (χ4v) is 2.04. The maximum atomic E-state index is 13.7. The summed E-state index contributed by atoms with van der Waals surface area (Å²) in [6.07, 6.45) is 0. The van der Waals surface area contributed by atoms with Crippen LogP contribution in [0.2, 0.25) is 5.02 Å². The van der Waals surface area contributed by atoms with Crippen LogP contribution >= 0.6 is 11.6 Å². The zero-order valence-corrected chi connectivity index (χ0v) is 10.5. The third-order valence-electron chi connectivity index (χ3n) is 2.73. The van der Waals surface area contributed by atoms with E-state index in [1.165, 1.54) is 0 Å². The number of anilines is 1. The van der Waals surface area contributed by atoms with E-state index in [0.29, 0.717) is 6.07 Å². The summed E-state index contributed by atoms with van der Waals surface area (Å²) in [5, 5.41) is 0.00856. The number of oxazole rings is 1. The first kappa shape index (κ1) is 12.8. The predicted octanol–water partition coefficient (Wildman–Crippen LogP) is 4.15. The van der Waals surface area contributed by atoms with E-state index in [-0.39, 0.29) is 33.3 Å². The van der Waals surface area contributed by atoms with Crippen LogP contribution in [0.1, 0.15) is 0 Å². The van der Waals surface area contributed by atoms with E-state index in [0.717, 1.165) is 18.2 Å². The van der Waals surface area contributed by atoms with Gasteiger partial charge in [0.05, 0.1) is 16.3 Å². The van der Waals surface area contributed by atoms with E-state index < -0.39 is 17.5 Å². The second-order valence-corrected chi connectivity index (χ2v) is 4.52. The van der Waals surface area contributed by atoms with Crippen LogP contribution < -0.4 is 5.73 Å². The lowest BCUT2D eigenvalue weighted by Crippen LogP contribution is -1.94. The highest BCUT2D eigenvalue weighted by atomic mass is 35.5. The Labute approximate surface area is 115 Å². The van der Waals surface area contributed by atoms with Gasteiger partial charge in [0.15, 0.2) is 5.58 Å². The Balaban J connectivity index is 2.25. The zero-order valence-electron chi connectivity index (χ0n) is 9.75. The predicted molar refractivity (Wildman–Crippen MR) is 68.7 cm³/mol. The highest BCUT2D eigenvalue weighted by Gasteiger charge is 2.17. The molecule has 0 saturated heterocycles. The number of fused-ring (bicyclic) bond motifs is 1. The van der Waals surface area contributed by atoms with Gasteiger partial charge in [-0.05, 0) is 12.1 Å². The minimum absolute atomic E-state index is 0.00856. The fraction of sp³-hybridized carbons (Fsp3) is 0. The summed E-state index contributed by atoms with van der Waals surface area (Å²) >= 11 is 5.81. The number of nitrogen functional groups attached to an aromatic ring is 1. The molecule has 0 amide bonds. The normalized spacial score (nSPS) is 11.2. The molecule has 0 fully saturated rings.